The van der Waals surface area contributed by atoms with E-state index in [0.717, 1.165) is 18.5 Å². The molecule has 0 aliphatic heterocycles. The van der Waals surface area contributed by atoms with Crippen molar-refractivity contribution < 1.29 is 4.42 Å². The van der Waals surface area contributed by atoms with Crippen molar-refractivity contribution >= 4 is 10.8 Å². The average Bonchev–Trinajstić information content (AvgIpc) is 3.02. The third-order valence-electron chi connectivity index (χ3n) is 3.50. The summed E-state index contributed by atoms with van der Waals surface area (Å²) in [4.78, 5) is 4.27. The number of hydrogen-bond donors (Lipinski definition) is 1. The van der Waals surface area contributed by atoms with E-state index in [0.29, 0.717) is 0 Å². The van der Waals surface area contributed by atoms with Gasteiger partial charge in [0.15, 0.2) is 0 Å². The lowest BCUT2D eigenvalue weighted by Gasteiger charge is -2.19. The normalized spacial score (nSPS) is 12.7. The van der Waals surface area contributed by atoms with Crippen LogP contribution in [-0.4, -0.2) is 11.5 Å². The van der Waals surface area contributed by atoms with Gasteiger partial charge in [-0.05, 0) is 36.0 Å². The lowest BCUT2D eigenvalue weighted by Crippen LogP contribution is -2.23. The van der Waals surface area contributed by atoms with E-state index in [2.05, 4.69) is 35.4 Å². The molecule has 0 saturated heterocycles. The number of benzene rings is 1. The summed E-state index contributed by atoms with van der Waals surface area (Å²) < 4.78 is 5.25. The Morgan fingerprint density at radius 2 is 2.20 bits per heavy atom. The summed E-state index contributed by atoms with van der Waals surface area (Å²) in [6.07, 6.45) is 8.39. The molecular formula is C17H18N2O. The summed E-state index contributed by atoms with van der Waals surface area (Å²) in [6.45, 7) is 3.14. The number of rotatable bonds is 5. The standard InChI is InChI=1S/C17H18N2O/c1-2-8-19-17(14-7-10-20-12-14)15-5-3-4-13-6-9-18-11-16(13)15/h3-7,9-12,17,19H,2,8H2,1H3. The van der Waals surface area contributed by atoms with E-state index >= 15 is 0 Å². The van der Waals surface area contributed by atoms with Crippen LogP contribution < -0.4 is 5.32 Å². The molecule has 0 aliphatic carbocycles. The molecule has 3 aromatic rings. The number of hydrogen-bond acceptors (Lipinski definition) is 3. The zero-order valence-electron chi connectivity index (χ0n) is 11.5. The SMILES string of the molecule is CCCNC(c1ccoc1)c1cccc2ccncc12. The summed E-state index contributed by atoms with van der Waals surface area (Å²) in [5.74, 6) is 0. The highest BCUT2D eigenvalue weighted by Crippen LogP contribution is 2.28. The summed E-state index contributed by atoms with van der Waals surface area (Å²) in [5, 5.41) is 5.99. The molecule has 1 N–H and O–H groups in total. The van der Waals surface area contributed by atoms with Crippen molar-refractivity contribution in [2.45, 2.75) is 19.4 Å². The molecule has 0 fully saturated rings. The molecule has 1 unspecified atom stereocenters. The van der Waals surface area contributed by atoms with E-state index in [1.165, 1.54) is 16.3 Å². The Kier molecular flexibility index (Phi) is 3.79. The Balaban J connectivity index is 2.09. The first-order valence-electron chi connectivity index (χ1n) is 6.98. The second kappa shape index (κ2) is 5.88. The third-order valence-corrected chi connectivity index (χ3v) is 3.50. The van der Waals surface area contributed by atoms with Crippen LogP contribution >= 0.6 is 0 Å². The van der Waals surface area contributed by atoms with Gasteiger partial charge in [0, 0.05) is 23.3 Å². The first kappa shape index (κ1) is 12.9. The predicted molar refractivity (Wildman–Crippen MR) is 80.6 cm³/mol. The first-order chi connectivity index (χ1) is 9.90. The molecule has 0 amide bonds. The molecular weight excluding hydrogens is 248 g/mol. The van der Waals surface area contributed by atoms with Crippen molar-refractivity contribution in [3.05, 3.63) is 66.4 Å². The number of aromatic nitrogens is 1. The van der Waals surface area contributed by atoms with Gasteiger partial charge >= 0.3 is 0 Å². The minimum atomic E-state index is 0.140. The molecule has 20 heavy (non-hydrogen) atoms. The molecule has 0 bridgehead atoms. The quantitative estimate of drug-likeness (QED) is 0.760. The maximum atomic E-state index is 5.25. The molecule has 1 atom stereocenters. The Morgan fingerprint density at radius 1 is 1.25 bits per heavy atom. The minimum absolute atomic E-state index is 0.140. The summed E-state index contributed by atoms with van der Waals surface area (Å²) >= 11 is 0. The highest BCUT2D eigenvalue weighted by molar-refractivity contribution is 5.85. The van der Waals surface area contributed by atoms with E-state index in [1.807, 2.05) is 30.8 Å². The molecule has 0 spiro atoms. The maximum Gasteiger partial charge on any atom is 0.0953 e. The van der Waals surface area contributed by atoms with Crippen LogP contribution in [0.2, 0.25) is 0 Å². The Hall–Kier alpha value is -2.13. The maximum absolute atomic E-state index is 5.25. The van der Waals surface area contributed by atoms with Crippen LogP contribution in [0.1, 0.15) is 30.5 Å². The molecule has 2 aromatic heterocycles. The molecule has 1 aromatic carbocycles. The predicted octanol–water partition coefficient (Wildman–Crippen LogP) is 3.92. The molecule has 0 radical (unpaired) electrons. The molecule has 3 nitrogen and oxygen atoms in total. The van der Waals surface area contributed by atoms with Crippen molar-refractivity contribution in [2.75, 3.05) is 6.54 Å². The van der Waals surface area contributed by atoms with Crippen LogP contribution in [0.3, 0.4) is 0 Å². The molecule has 102 valence electrons. The zero-order valence-corrected chi connectivity index (χ0v) is 11.5. The number of nitrogens with one attached hydrogen (secondary N) is 1. The second-order valence-corrected chi connectivity index (χ2v) is 4.89. The van der Waals surface area contributed by atoms with Crippen molar-refractivity contribution in [1.29, 1.82) is 0 Å². The Labute approximate surface area is 118 Å². The van der Waals surface area contributed by atoms with Gasteiger partial charge in [-0.3, -0.25) is 4.98 Å². The highest BCUT2D eigenvalue weighted by Gasteiger charge is 2.16. The number of furan rings is 1. The van der Waals surface area contributed by atoms with Gasteiger partial charge in [-0.2, -0.15) is 0 Å². The molecule has 0 aliphatic rings. The van der Waals surface area contributed by atoms with Crippen LogP contribution in [0, 0.1) is 0 Å². The average molecular weight is 266 g/mol. The van der Waals surface area contributed by atoms with E-state index in [-0.39, 0.29) is 6.04 Å². The van der Waals surface area contributed by atoms with Crippen molar-refractivity contribution in [3.8, 4) is 0 Å². The van der Waals surface area contributed by atoms with Crippen LogP contribution in [0.25, 0.3) is 10.8 Å². The third kappa shape index (κ3) is 2.45. The first-order valence-corrected chi connectivity index (χ1v) is 6.98. The van der Waals surface area contributed by atoms with E-state index < -0.39 is 0 Å². The van der Waals surface area contributed by atoms with Gasteiger partial charge in [0.1, 0.15) is 0 Å². The smallest absolute Gasteiger partial charge is 0.0953 e. The monoisotopic (exact) mass is 266 g/mol. The van der Waals surface area contributed by atoms with Gasteiger partial charge in [0.2, 0.25) is 0 Å². The second-order valence-electron chi connectivity index (χ2n) is 4.89. The molecule has 0 saturated carbocycles. The van der Waals surface area contributed by atoms with Gasteiger partial charge in [-0.1, -0.05) is 25.1 Å². The van der Waals surface area contributed by atoms with E-state index in [4.69, 9.17) is 4.42 Å². The summed E-state index contributed by atoms with van der Waals surface area (Å²) in [7, 11) is 0. The van der Waals surface area contributed by atoms with Crippen molar-refractivity contribution in [3.63, 3.8) is 0 Å². The van der Waals surface area contributed by atoms with Gasteiger partial charge in [0.25, 0.3) is 0 Å². The fourth-order valence-corrected chi connectivity index (χ4v) is 2.52. The summed E-state index contributed by atoms with van der Waals surface area (Å²) in [5.41, 5.74) is 2.39. The lowest BCUT2D eigenvalue weighted by molar-refractivity contribution is 0.549. The minimum Gasteiger partial charge on any atom is -0.472 e. The van der Waals surface area contributed by atoms with Crippen LogP contribution in [0.5, 0.6) is 0 Å². The summed E-state index contributed by atoms with van der Waals surface area (Å²) in [6, 6.07) is 10.6. The van der Waals surface area contributed by atoms with Gasteiger partial charge < -0.3 is 9.73 Å². The fourth-order valence-electron chi connectivity index (χ4n) is 2.52. The van der Waals surface area contributed by atoms with Crippen molar-refractivity contribution in [2.24, 2.45) is 0 Å². The highest BCUT2D eigenvalue weighted by atomic mass is 16.3. The van der Waals surface area contributed by atoms with Gasteiger partial charge in [-0.25, -0.2) is 0 Å². The van der Waals surface area contributed by atoms with Gasteiger partial charge in [0.05, 0.1) is 18.6 Å². The van der Waals surface area contributed by atoms with Crippen molar-refractivity contribution in [1.82, 2.24) is 10.3 Å². The number of pyridine rings is 1. The van der Waals surface area contributed by atoms with Crippen LogP contribution in [-0.2, 0) is 0 Å². The Morgan fingerprint density at radius 3 is 3.00 bits per heavy atom. The fraction of sp³-hybridized carbons (Fsp3) is 0.235. The molecule has 3 rings (SSSR count). The van der Waals surface area contributed by atoms with E-state index in [1.54, 1.807) is 6.26 Å². The number of nitrogens with zero attached hydrogens (tertiary/aromatic N) is 1. The molecule has 2 heterocycles. The number of fused-ring (bicyclic) bond motifs is 1. The molecule has 3 heteroatoms. The van der Waals surface area contributed by atoms with Crippen LogP contribution in [0.15, 0.2) is 59.7 Å². The van der Waals surface area contributed by atoms with Crippen LogP contribution in [0.4, 0.5) is 0 Å². The Bertz CT molecular complexity index is 671. The lowest BCUT2D eigenvalue weighted by atomic mass is 9.96. The van der Waals surface area contributed by atoms with E-state index in [9.17, 15) is 0 Å². The van der Waals surface area contributed by atoms with Gasteiger partial charge in [-0.15, -0.1) is 0 Å². The zero-order chi connectivity index (χ0) is 13.8. The topological polar surface area (TPSA) is 38.1 Å². The largest absolute Gasteiger partial charge is 0.472 e.